The smallest absolute Gasteiger partial charge is 0.337 e. The fourth-order valence-electron chi connectivity index (χ4n) is 2.81. The number of carbonyl (C=O) groups is 3. The van der Waals surface area contributed by atoms with E-state index < -0.39 is 11.9 Å². The van der Waals surface area contributed by atoms with Crippen molar-refractivity contribution in [2.45, 2.75) is 13.0 Å². The highest BCUT2D eigenvalue weighted by molar-refractivity contribution is 6.34. The Morgan fingerprint density at radius 1 is 1.38 bits per heavy atom. The number of hydrogen-bond acceptors (Lipinski definition) is 5. The molecule has 0 saturated carbocycles. The Balaban J connectivity index is 1.71. The zero-order valence-corrected chi connectivity index (χ0v) is 14.8. The van der Waals surface area contributed by atoms with E-state index in [1.165, 1.54) is 36.5 Å². The zero-order chi connectivity index (χ0) is 18.7. The van der Waals surface area contributed by atoms with Gasteiger partial charge in [-0.15, -0.1) is 0 Å². The number of furan rings is 1. The molecule has 0 spiro atoms. The maximum absolute atomic E-state index is 12.4. The minimum atomic E-state index is -0.526. The molecule has 8 heteroatoms. The molecule has 3 rings (SSSR count). The highest BCUT2D eigenvalue weighted by Gasteiger charge is 2.36. The molecule has 1 unspecified atom stereocenters. The predicted octanol–water partition coefficient (Wildman–Crippen LogP) is 2.39. The monoisotopic (exact) mass is 376 g/mol. The SMILES string of the molecule is COC(=O)c1ccc(Cl)c(N2CC(C(=O)NCc3ccco3)CC2=O)c1. The number of ether oxygens (including phenoxy) is 1. The summed E-state index contributed by atoms with van der Waals surface area (Å²) in [6.07, 6.45) is 1.60. The van der Waals surface area contributed by atoms with Crippen LogP contribution in [-0.4, -0.2) is 31.4 Å². The quantitative estimate of drug-likeness (QED) is 0.809. The summed E-state index contributed by atoms with van der Waals surface area (Å²) in [6, 6.07) is 8.03. The average Bonchev–Trinajstić information content (AvgIpc) is 3.29. The van der Waals surface area contributed by atoms with Crippen molar-refractivity contribution in [2.75, 3.05) is 18.6 Å². The third-order valence-corrected chi connectivity index (χ3v) is 4.49. The normalized spacial score (nSPS) is 16.6. The summed E-state index contributed by atoms with van der Waals surface area (Å²) in [6.45, 7) is 0.447. The number of nitrogens with one attached hydrogen (secondary N) is 1. The minimum absolute atomic E-state index is 0.0722. The van der Waals surface area contributed by atoms with Crippen LogP contribution in [-0.2, 0) is 20.9 Å². The van der Waals surface area contributed by atoms with Gasteiger partial charge in [0.15, 0.2) is 0 Å². The van der Waals surface area contributed by atoms with E-state index in [9.17, 15) is 14.4 Å². The average molecular weight is 377 g/mol. The summed E-state index contributed by atoms with van der Waals surface area (Å²) in [4.78, 5) is 37.8. The van der Waals surface area contributed by atoms with Crippen LogP contribution >= 0.6 is 11.6 Å². The minimum Gasteiger partial charge on any atom is -0.467 e. The highest BCUT2D eigenvalue weighted by Crippen LogP contribution is 2.32. The first-order valence-corrected chi connectivity index (χ1v) is 8.35. The van der Waals surface area contributed by atoms with Crippen molar-refractivity contribution in [1.29, 1.82) is 0 Å². The number of nitrogens with zero attached hydrogens (tertiary/aromatic N) is 1. The molecule has 0 aliphatic carbocycles. The third-order valence-electron chi connectivity index (χ3n) is 4.17. The Hall–Kier alpha value is -2.80. The molecule has 0 radical (unpaired) electrons. The molecule has 1 aliphatic rings. The number of esters is 1. The fraction of sp³-hybridized carbons (Fsp3) is 0.278. The maximum atomic E-state index is 12.4. The van der Waals surface area contributed by atoms with Gasteiger partial charge in [-0.05, 0) is 30.3 Å². The van der Waals surface area contributed by atoms with Crippen molar-refractivity contribution in [3.63, 3.8) is 0 Å². The van der Waals surface area contributed by atoms with E-state index in [4.69, 9.17) is 16.0 Å². The lowest BCUT2D eigenvalue weighted by molar-refractivity contribution is -0.126. The van der Waals surface area contributed by atoms with Gasteiger partial charge in [-0.25, -0.2) is 4.79 Å². The first-order valence-electron chi connectivity index (χ1n) is 7.98. The number of anilines is 1. The largest absolute Gasteiger partial charge is 0.467 e. The second-order valence-corrected chi connectivity index (χ2v) is 6.27. The molecular formula is C18H17ClN2O5. The molecule has 2 amide bonds. The van der Waals surface area contributed by atoms with Crippen LogP contribution < -0.4 is 10.2 Å². The van der Waals surface area contributed by atoms with Crippen LogP contribution in [0.3, 0.4) is 0 Å². The van der Waals surface area contributed by atoms with E-state index >= 15 is 0 Å². The van der Waals surface area contributed by atoms with E-state index in [2.05, 4.69) is 10.1 Å². The van der Waals surface area contributed by atoms with Gasteiger partial charge in [0.05, 0.1) is 42.1 Å². The summed E-state index contributed by atoms with van der Waals surface area (Å²) < 4.78 is 9.86. The molecule has 136 valence electrons. The Labute approximate surface area is 154 Å². The lowest BCUT2D eigenvalue weighted by Crippen LogP contribution is -2.32. The molecule has 2 aromatic rings. The van der Waals surface area contributed by atoms with Crippen LogP contribution in [0.5, 0.6) is 0 Å². The topological polar surface area (TPSA) is 88.8 Å². The summed E-state index contributed by atoms with van der Waals surface area (Å²) in [7, 11) is 1.27. The van der Waals surface area contributed by atoms with Gasteiger partial charge in [0.25, 0.3) is 0 Å². The molecule has 1 aromatic carbocycles. The van der Waals surface area contributed by atoms with E-state index in [-0.39, 0.29) is 36.9 Å². The second kappa shape index (κ2) is 7.61. The predicted molar refractivity (Wildman–Crippen MR) is 93.8 cm³/mol. The lowest BCUT2D eigenvalue weighted by atomic mass is 10.1. The molecular weight excluding hydrogens is 360 g/mol. The van der Waals surface area contributed by atoms with Gasteiger partial charge in [0.1, 0.15) is 5.76 Å². The van der Waals surface area contributed by atoms with Crippen LogP contribution in [0.1, 0.15) is 22.5 Å². The molecule has 1 atom stereocenters. The van der Waals surface area contributed by atoms with Gasteiger partial charge >= 0.3 is 5.97 Å². The Kier molecular flexibility index (Phi) is 5.27. The van der Waals surface area contributed by atoms with Crippen LogP contribution in [0.2, 0.25) is 5.02 Å². The molecule has 0 bridgehead atoms. The molecule has 1 aliphatic heterocycles. The number of rotatable bonds is 5. The zero-order valence-electron chi connectivity index (χ0n) is 14.0. The van der Waals surface area contributed by atoms with Crippen LogP contribution in [0.15, 0.2) is 41.0 Å². The Morgan fingerprint density at radius 2 is 2.19 bits per heavy atom. The van der Waals surface area contributed by atoms with E-state index in [1.807, 2.05) is 0 Å². The van der Waals surface area contributed by atoms with Crippen molar-refractivity contribution >= 4 is 35.1 Å². The summed E-state index contributed by atoms with van der Waals surface area (Å²) in [5.74, 6) is -0.865. The summed E-state index contributed by atoms with van der Waals surface area (Å²) >= 11 is 6.19. The first kappa shape index (κ1) is 18.0. The van der Waals surface area contributed by atoms with Gasteiger partial charge in [-0.1, -0.05) is 11.6 Å². The van der Waals surface area contributed by atoms with E-state index in [0.29, 0.717) is 16.5 Å². The fourth-order valence-corrected chi connectivity index (χ4v) is 3.03. The molecule has 2 heterocycles. The number of halogens is 1. The number of benzene rings is 1. The van der Waals surface area contributed by atoms with E-state index in [0.717, 1.165) is 0 Å². The van der Waals surface area contributed by atoms with Crippen molar-refractivity contribution in [3.05, 3.63) is 52.9 Å². The summed E-state index contributed by atoms with van der Waals surface area (Å²) in [5.41, 5.74) is 0.673. The van der Waals surface area contributed by atoms with Gasteiger partial charge in [-0.2, -0.15) is 0 Å². The van der Waals surface area contributed by atoms with Gasteiger partial charge in [-0.3, -0.25) is 9.59 Å². The molecule has 1 aromatic heterocycles. The lowest BCUT2D eigenvalue weighted by Gasteiger charge is -2.19. The van der Waals surface area contributed by atoms with Crippen LogP contribution in [0.25, 0.3) is 0 Å². The van der Waals surface area contributed by atoms with Crippen LogP contribution in [0, 0.1) is 5.92 Å². The number of amides is 2. The Bertz CT molecular complexity index is 834. The van der Waals surface area contributed by atoms with Gasteiger partial charge < -0.3 is 19.4 Å². The van der Waals surface area contributed by atoms with Crippen molar-refractivity contribution in [2.24, 2.45) is 5.92 Å². The third kappa shape index (κ3) is 3.72. The van der Waals surface area contributed by atoms with Gasteiger partial charge in [0, 0.05) is 13.0 Å². The molecule has 26 heavy (non-hydrogen) atoms. The molecule has 1 N–H and O–H groups in total. The second-order valence-electron chi connectivity index (χ2n) is 5.86. The number of carbonyl (C=O) groups excluding carboxylic acids is 3. The summed E-state index contributed by atoms with van der Waals surface area (Å²) in [5, 5.41) is 3.08. The number of hydrogen-bond donors (Lipinski definition) is 1. The van der Waals surface area contributed by atoms with Gasteiger partial charge in [0.2, 0.25) is 11.8 Å². The molecule has 1 saturated heterocycles. The standard InChI is InChI=1S/C18H17ClN2O5/c1-25-18(24)11-4-5-14(19)15(7-11)21-10-12(8-16(21)22)17(23)20-9-13-3-2-6-26-13/h2-7,12H,8-10H2,1H3,(H,20,23). The van der Waals surface area contributed by atoms with Crippen molar-refractivity contribution < 1.29 is 23.5 Å². The van der Waals surface area contributed by atoms with Crippen molar-refractivity contribution in [1.82, 2.24) is 5.32 Å². The van der Waals surface area contributed by atoms with Crippen LogP contribution in [0.4, 0.5) is 5.69 Å². The Morgan fingerprint density at radius 3 is 2.88 bits per heavy atom. The maximum Gasteiger partial charge on any atom is 0.337 e. The van der Waals surface area contributed by atoms with Crippen molar-refractivity contribution in [3.8, 4) is 0 Å². The highest BCUT2D eigenvalue weighted by atomic mass is 35.5. The first-order chi connectivity index (χ1) is 12.5. The number of methoxy groups -OCH3 is 1. The van der Waals surface area contributed by atoms with E-state index in [1.54, 1.807) is 12.1 Å². The molecule has 1 fully saturated rings. The molecule has 7 nitrogen and oxygen atoms in total.